The molecule has 0 heterocycles. The van der Waals surface area contributed by atoms with Crippen LogP contribution in [0.15, 0.2) is 36.4 Å². The van der Waals surface area contributed by atoms with Crippen molar-refractivity contribution in [1.82, 2.24) is 0 Å². The van der Waals surface area contributed by atoms with Gasteiger partial charge in [0.05, 0.1) is 24.8 Å². The zero-order chi connectivity index (χ0) is 18.4. The van der Waals surface area contributed by atoms with Crippen LogP contribution in [-0.2, 0) is 11.3 Å². The zero-order valence-electron chi connectivity index (χ0n) is 14.2. The molecule has 0 fully saturated rings. The van der Waals surface area contributed by atoms with Crippen LogP contribution in [-0.4, -0.2) is 25.1 Å². The predicted molar refractivity (Wildman–Crippen MR) is 94.3 cm³/mol. The van der Waals surface area contributed by atoms with E-state index in [1.165, 1.54) is 33.3 Å². The molecule has 0 aromatic heterocycles. The van der Waals surface area contributed by atoms with E-state index in [0.29, 0.717) is 28.4 Å². The van der Waals surface area contributed by atoms with Gasteiger partial charge in [-0.05, 0) is 24.3 Å². The molecule has 0 spiro atoms. The van der Waals surface area contributed by atoms with Crippen LogP contribution in [0.4, 0.5) is 17.1 Å². The molecule has 0 aliphatic rings. The SMILES string of the molecule is COc1ccc([N+](=O)[O-])cc1CNc1cc(NC(C)=O)ccc1OC. The smallest absolute Gasteiger partial charge is 0.270 e. The molecule has 25 heavy (non-hydrogen) atoms. The van der Waals surface area contributed by atoms with E-state index in [1.807, 2.05) is 0 Å². The summed E-state index contributed by atoms with van der Waals surface area (Å²) in [6.45, 7) is 1.70. The minimum atomic E-state index is -0.457. The van der Waals surface area contributed by atoms with E-state index in [-0.39, 0.29) is 18.1 Å². The summed E-state index contributed by atoms with van der Waals surface area (Å²) in [5.74, 6) is 0.935. The Morgan fingerprint density at radius 1 is 1.12 bits per heavy atom. The van der Waals surface area contributed by atoms with Crippen molar-refractivity contribution >= 4 is 23.0 Å². The largest absolute Gasteiger partial charge is 0.496 e. The second kappa shape index (κ2) is 8.00. The highest BCUT2D eigenvalue weighted by atomic mass is 16.6. The first-order chi connectivity index (χ1) is 11.9. The van der Waals surface area contributed by atoms with Gasteiger partial charge in [-0.25, -0.2) is 0 Å². The first kappa shape index (κ1) is 18.1. The Bertz CT molecular complexity index is 792. The third-order valence-corrected chi connectivity index (χ3v) is 3.46. The molecular weight excluding hydrogens is 326 g/mol. The number of nitro benzene ring substituents is 1. The number of carbonyl (C=O) groups excluding carboxylic acids is 1. The number of nitrogens with one attached hydrogen (secondary N) is 2. The molecule has 0 aliphatic heterocycles. The minimum Gasteiger partial charge on any atom is -0.496 e. The first-order valence-electron chi connectivity index (χ1n) is 7.45. The highest BCUT2D eigenvalue weighted by molar-refractivity contribution is 5.89. The molecule has 8 heteroatoms. The van der Waals surface area contributed by atoms with Crippen LogP contribution >= 0.6 is 0 Å². The quantitative estimate of drug-likeness (QED) is 0.590. The number of methoxy groups -OCH3 is 2. The lowest BCUT2D eigenvalue weighted by molar-refractivity contribution is -0.384. The molecule has 2 aromatic carbocycles. The van der Waals surface area contributed by atoms with Crippen LogP contribution in [0.5, 0.6) is 11.5 Å². The van der Waals surface area contributed by atoms with E-state index in [2.05, 4.69) is 10.6 Å². The van der Waals surface area contributed by atoms with Gasteiger partial charge in [-0.3, -0.25) is 14.9 Å². The molecule has 0 unspecified atom stereocenters. The van der Waals surface area contributed by atoms with Crippen LogP contribution in [0, 0.1) is 10.1 Å². The summed E-state index contributed by atoms with van der Waals surface area (Å²) >= 11 is 0. The van der Waals surface area contributed by atoms with E-state index in [9.17, 15) is 14.9 Å². The Labute approximate surface area is 144 Å². The summed E-state index contributed by atoms with van der Waals surface area (Å²) in [6.07, 6.45) is 0. The molecule has 0 radical (unpaired) electrons. The fraction of sp³-hybridized carbons (Fsp3) is 0.235. The van der Waals surface area contributed by atoms with Crippen LogP contribution in [0.25, 0.3) is 0 Å². The van der Waals surface area contributed by atoms with Crippen molar-refractivity contribution in [2.75, 3.05) is 24.9 Å². The van der Waals surface area contributed by atoms with Crippen LogP contribution in [0.1, 0.15) is 12.5 Å². The number of benzene rings is 2. The minimum absolute atomic E-state index is 0.0171. The number of nitro groups is 1. The summed E-state index contributed by atoms with van der Waals surface area (Å²) < 4.78 is 10.5. The number of anilines is 2. The predicted octanol–water partition coefficient (Wildman–Crippen LogP) is 3.18. The molecule has 0 saturated heterocycles. The fourth-order valence-corrected chi connectivity index (χ4v) is 2.33. The second-order valence-electron chi connectivity index (χ2n) is 5.20. The second-order valence-corrected chi connectivity index (χ2v) is 5.20. The third kappa shape index (κ3) is 4.60. The molecular formula is C17H19N3O5. The van der Waals surface area contributed by atoms with E-state index < -0.39 is 4.92 Å². The van der Waals surface area contributed by atoms with Gasteiger partial charge >= 0.3 is 0 Å². The molecule has 8 nitrogen and oxygen atoms in total. The van der Waals surface area contributed by atoms with Gasteiger partial charge in [0.2, 0.25) is 5.91 Å². The highest BCUT2D eigenvalue weighted by Crippen LogP contribution is 2.30. The average molecular weight is 345 g/mol. The van der Waals surface area contributed by atoms with Gasteiger partial charge in [0.25, 0.3) is 5.69 Å². The van der Waals surface area contributed by atoms with Crippen LogP contribution in [0.2, 0.25) is 0 Å². The maximum absolute atomic E-state index is 11.2. The van der Waals surface area contributed by atoms with Gasteiger partial charge in [0.15, 0.2) is 0 Å². The van der Waals surface area contributed by atoms with Gasteiger partial charge < -0.3 is 20.1 Å². The number of non-ortho nitro benzene ring substituents is 1. The maximum Gasteiger partial charge on any atom is 0.270 e. The lowest BCUT2D eigenvalue weighted by Gasteiger charge is -2.14. The van der Waals surface area contributed by atoms with Crippen molar-refractivity contribution in [1.29, 1.82) is 0 Å². The fourth-order valence-electron chi connectivity index (χ4n) is 2.33. The zero-order valence-corrected chi connectivity index (χ0v) is 14.2. The number of rotatable bonds is 7. The van der Waals surface area contributed by atoms with E-state index in [4.69, 9.17) is 9.47 Å². The first-order valence-corrected chi connectivity index (χ1v) is 7.45. The van der Waals surface area contributed by atoms with Crippen LogP contribution in [0.3, 0.4) is 0 Å². The number of carbonyl (C=O) groups is 1. The third-order valence-electron chi connectivity index (χ3n) is 3.46. The summed E-state index contributed by atoms with van der Waals surface area (Å²) in [4.78, 5) is 21.7. The Kier molecular flexibility index (Phi) is 5.78. The Balaban J connectivity index is 2.26. The molecule has 0 aliphatic carbocycles. The topological polar surface area (TPSA) is 103 Å². The van der Waals surface area contributed by atoms with E-state index in [0.717, 1.165) is 0 Å². The van der Waals surface area contributed by atoms with Gasteiger partial charge in [-0.1, -0.05) is 0 Å². The highest BCUT2D eigenvalue weighted by Gasteiger charge is 2.12. The molecule has 2 aromatic rings. The number of amides is 1. The number of ether oxygens (including phenoxy) is 2. The van der Waals surface area contributed by atoms with Crippen molar-refractivity contribution < 1.29 is 19.2 Å². The molecule has 0 saturated carbocycles. The summed E-state index contributed by atoms with van der Waals surface area (Å²) in [5.41, 5.74) is 1.87. The maximum atomic E-state index is 11.2. The number of nitrogens with zero attached hydrogens (tertiary/aromatic N) is 1. The molecule has 2 N–H and O–H groups in total. The Hall–Kier alpha value is -3.29. The number of hydrogen-bond donors (Lipinski definition) is 2. The molecule has 0 bridgehead atoms. The lowest BCUT2D eigenvalue weighted by Crippen LogP contribution is -2.08. The molecule has 1 amide bonds. The standard InChI is InChI=1S/C17H19N3O5/c1-11(21)19-13-4-6-17(25-3)15(9-13)18-10-12-8-14(20(22)23)5-7-16(12)24-2/h4-9,18H,10H2,1-3H3,(H,19,21). The van der Waals surface area contributed by atoms with Crippen molar-refractivity contribution in [3.8, 4) is 11.5 Å². The van der Waals surface area contributed by atoms with Crippen LogP contribution < -0.4 is 20.1 Å². The van der Waals surface area contributed by atoms with Crippen molar-refractivity contribution in [3.63, 3.8) is 0 Å². The monoisotopic (exact) mass is 345 g/mol. The van der Waals surface area contributed by atoms with Crippen molar-refractivity contribution in [2.24, 2.45) is 0 Å². The van der Waals surface area contributed by atoms with Gasteiger partial charge in [0.1, 0.15) is 11.5 Å². The van der Waals surface area contributed by atoms with E-state index in [1.54, 1.807) is 24.3 Å². The van der Waals surface area contributed by atoms with Gasteiger partial charge in [-0.15, -0.1) is 0 Å². The normalized spacial score (nSPS) is 10.0. The molecule has 0 atom stereocenters. The molecule has 2 rings (SSSR count). The summed E-state index contributed by atoms with van der Waals surface area (Å²) in [6, 6.07) is 9.57. The molecule has 132 valence electrons. The summed E-state index contributed by atoms with van der Waals surface area (Å²) in [7, 11) is 3.04. The van der Waals surface area contributed by atoms with Gasteiger partial charge in [-0.2, -0.15) is 0 Å². The lowest BCUT2D eigenvalue weighted by atomic mass is 10.1. The average Bonchev–Trinajstić information content (AvgIpc) is 2.59. The Morgan fingerprint density at radius 3 is 2.40 bits per heavy atom. The number of hydrogen-bond acceptors (Lipinski definition) is 6. The summed E-state index contributed by atoms with van der Waals surface area (Å²) in [5, 5.41) is 16.8. The van der Waals surface area contributed by atoms with Gasteiger partial charge in [0, 0.05) is 36.9 Å². The van der Waals surface area contributed by atoms with E-state index >= 15 is 0 Å². The van der Waals surface area contributed by atoms with Crippen molar-refractivity contribution in [3.05, 3.63) is 52.1 Å². The Morgan fingerprint density at radius 2 is 1.80 bits per heavy atom. The van der Waals surface area contributed by atoms with Crippen molar-refractivity contribution in [2.45, 2.75) is 13.5 Å².